The van der Waals surface area contributed by atoms with E-state index in [0.29, 0.717) is 12.4 Å². The fraction of sp³-hybridized carbons (Fsp3) is 0.100. The molecule has 0 aliphatic carbocycles. The van der Waals surface area contributed by atoms with Crippen LogP contribution in [0.5, 0.6) is 0 Å². The largest absolute Gasteiger partial charge is 0.365 e. The van der Waals surface area contributed by atoms with Crippen molar-refractivity contribution in [3.63, 3.8) is 0 Å². The number of nitrogens with one attached hydrogen (secondary N) is 1. The lowest BCUT2D eigenvalue weighted by Gasteiger charge is -2.03. The molecule has 0 aliphatic heterocycles. The Hall–Kier alpha value is -1.47. The number of rotatable bonds is 4. The fourth-order valence-corrected chi connectivity index (χ4v) is 2.65. The quantitative estimate of drug-likeness (QED) is 0.693. The van der Waals surface area contributed by atoms with Crippen LogP contribution in [-0.2, 0) is 6.54 Å². The molecule has 2 aromatic rings. The van der Waals surface area contributed by atoms with E-state index in [2.05, 4.69) is 26.2 Å². The van der Waals surface area contributed by atoms with E-state index in [4.69, 9.17) is 0 Å². The monoisotopic (exact) mass is 313 g/mol. The van der Waals surface area contributed by atoms with Crippen LogP contribution in [0.15, 0.2) is 34.2 Å². The maximum atomic E-state index is 10.4. The predicted octanol–water partition coefficient (Wildman–Crippen LogP) is 3.43. The van der Waals surface area contributed by atoms with E-state index in [9.17, 15) is 10.1 Å². The van der Waals surface area contributed by atoms with Crippen LogP contribution in [0.1, 0.15) is 4.88 Å². The molecular weight excluding hydrogens is 306 g/mol. The molecule has 0 amide bonds. The minimum atomic E-state index is -0.466. The van der Waals surface area contributed by atoms with Crippen LogP contribution >= 0.6 is 27.3 Å². The van der Waals surface area contributed by atoms with Gasteiger partial charge in [-0.05, 0) is 33.4 Å². The lowest BCUT2D eigenvalue weighted by Crippen LogP contribution is -2.00. The van der Waals surface area contributed by atoms with Crippen molar-refractivity contribution in [3.05, 3.63) is 49.2 Å². The summed E-state index contributed by atoms with van der Waals surface area (Å²) in [5, 5.41) is 15.5. The van der Waals surface area contributed by atoms with E-state index in [1.165, 1.54) is 12.3 Å². The molecule has 2 heterocycles. The lowest BCUT2D eigenvalue weighted by atomic mass is 10.4. The van der Waals surface area contributed by atoms with Gasteiger partial charge in [-0.3, -0.25) is 10.1 Å². The molecule has 0 aromatic carbocycles. The summed E-state index contributed by atoms with van der Waals surface area (Å²) in [6.45, 7) is 0.642. The summed E-state index contributed by atoms with van der Waals surface area (Å²) in [7, 11) is 0. The summed E-state index contributed by atoms with van der Waals surface area (Å²) < 4.78 is 1.05. The van der Waals surface area contributed by atoms with Gasteiger partial charge in [0.05, 0.1) is 11.5 Å². The van der Waals surface area contributed by atoms with Crippen molar-refractivity contribution in [1.82, 2.24) is 4.98 Å². The van der Waals surface area contributed by atoms with E-state index in [1.807, 2.05) is 11.4 Å². The lowest BCUT2D eigenvalue weighted by molar-refractivity contribution is -0.385. The molecule has 0 fully saturated rings. The molecule has 7 heteroatoms. The Kier molecular flexibility index (Phi) is 3.70. The first-order valence-corrected chi connectivity index (χ1v) is 6.40. The number of halogens is 1. The normalized spacial score (nSPS) is 10.2. The van der Waals surface area contributed by atoms with Crippen molar-refractivity contribution in [1.29, 1.82) is 0 Å². The van der Waals surface area contributed by atoms with Gasteiger partial charge in [0.2, 0.25) is 0 Å². The van der Waals surface area contributed by atoms with Crippen LogP contribution < -0.4 is 5.32 Å². The van der Waals surface area contributed by atoms with Gasteiger partial charge < -0.3 is 5.32 Å². The van der Waals surface area contributed by atoms with Crippen LogP contribution in [0.25, 0.3) is 0 Å². The Labute approximate surface area is 110 Å². The fourth-order valence-electron chi connectivity index (χ4n) is 1.22. The second kappa shape index (κ2) is 5.24. The molecule has 5 nitrogen and oxygen atoms in total. The number of anilines is 1. The highest BCUT2D eigenvalue weighted by molar-refractivity contribution is 9.10. The number of hydrogen-bond acceptors (Lipinski definition) is 5. The highest BCUT2D eigenvalue weighted by Gasteiger charge is 2.05. The molecular formula is C10H8BrN3O2S. The minimum absolute atomic E-state index is 0.00662. The highest BCUT2D eigenvalue weighted by atomic mass is 79.9. The number of hydrogen-bond donors (Lipinski definition) is 1. The van der Waals surface area contributed by atoms with Crippen LogP contribution in [-0.4, -0.2) is 9.91 Å². The maximum absolute atomic E-state index is 10.4. The third-order valence-electron chi connectivity index (χ3n) is 2.08. The third kappa shape index (κ3) is 3.01. The van der Waals surface area contributed by atoms with Crippen molar-refractivity contribution in [2.24, 2.45) is 0 Å². The Morgan fingerprint density at radius 1 is 1.47 bits per heavy atom. The summed E-state index contributed by atoms with van der Waals surface area (Å²) in [5.74, 6) is 0.621. The SMILES string of the molecule is O=[N+]([O-])c1ccc(NCc2sccc2Br)nc1. The molecule has 0 bridgehead atoms. The summed E-state index contributed by atoms with van der Waals surface area (Å²) in [6.07, 6.45) is 1.24. The summed E-state index contributed by atoms with van der Waals surface area (Å²) in [6, 6.07) is 5.00. The predicted molar refractivity (Wildman–Crippen MR) is 70.2 cm³/mol. The molecule has 0 saturated heterocycles. The zero-order valence-corrected chi connectivity index (χ0v) is 11.0. The van der Waals surface area contributed by atoms with E-state index < -0.39 is 4.92 Å². The van der Waals surface area contributed by atoms with Gasteiger partial charge >= 0.3 is 0 Å². The standard InChI is InChI=1S/C10H8BrN3O2S/c11-8-3-4-17-9(8)6-13-10-2-1-7(5-12-10)14(15)16/h1-5H,6H2,(H,12,13). The first-order valence-electron chi connectivity index (χ1n) is 4.73. The van der Waals surface area contributed by atoms with Gasteiger partial charge in [-0.2, -0.15) is 0 Å². The molecule has 2 aromatic heterocycles. The Morgan fingerprint density at radius 2 is 2.29 bits per heavy atom. The van der Waals surface area contributed by atoms with E-state index >= 15 is 0 Å². The topological polar surface area (TPSA) is 68.1 Å². The molecule has 0 radical (unpaired) electrons. The maximum Gasteiger partial charge on any atom is 0.287 e. The second-order valence-corrected chi connectivity index (χ2v) is 5.06. The van der Waals surface area contributed by atoms with Gasteiger partial charge in [0.1, 0.15) is 12.0 Å². The van der Waals surface area contributed by atoms with Crippen LogP contribution in [0.4, 0.5) is 11.5 Å². The van der Waals surface area contributed by atoms with Gasteiger partial charge in [-0.15, -0.1) is 11.3 Å². The summed E-state index contributed by atoms with van der Waals surface area (Å²) >= 11 is 5.06. The van der Waals surface area contributed by atoms with Gasteiger partial charge in [0.15, 0.2) is 0 Å². The van der Waals surface area contributed by atoms with Crippen LogP contribution in [0, 0.1) is 10.1 Å². The van der Waals surface area contributed by atoms with E-state index in [1.54, 1.807) is 17.4 Å². The smallest absolute Gasteiger partial charge is 0.287 e. The van der Waals surface area contributed by atoms with Gasteiger partial charge in [0.25, 0.3) is 5.69 Å². The number of pyridine rings is 1. The zero-order valence-electron chi connectivity index (χ0n) is 8.59. The van der Waals surface area contributed by atoms with Crippen molar-refractivity contribution in [2.45, 2.75) is 6.54 Å². The molecule has 0 aliphatic rings. The number of nitrogens with zero attached hydrogens (tertiary/aromatic N) is 2. The third-order valence-corrected chi connectivity index (χ3v) is 4.01. The number of nitro groups is 1. The Morgan fingerprint density at radius 3 is 2.82 bits per heavy atom. The molecule has 0 atom stereocenters. The Balaban J connectivity index is 2.00. The molecule has 0 unspecified atom stereocenters. The molecule has 1 N–H and O–H groups in total. The summed E-state index contributed by atoms with van der Waals surface area (Å²) in [5.41, 5.74) is -0.00662. The molecule has 0 spiro atoms. The van der Waals surface area contributed by atoms with Crippen LogP contribution in [0.3, 0.4) is 0 Å². The average molecular weight is 314 g/mol. The molecule has 88 valence electrons. The average Bonchev–Trinajstić information content (AvgIpc) is 2.73. The highest BCUT2D eigenvalue weighted by Crippen LogP contribution is 2.23. The van der Waals surface area contributed by atoms with Crippen LogP contribution in [0.2, 0.25) is 0 Å². The first-order chi connectivity index (χ1) is 8.16. The number of aromatic nitrogens is 1. The molecule has 2 rings (SSSR count). The second-order valence-electron chi connectivity index (χ2n) is 3.20. The van der Waals surface area contributed by atoms with Gasteiger partial charge in [-0.25, -0.2) is 4.98 Å². The molecule has 17 heavy (non-hydrogen) atoms. The van der Waals surface area contributed by atoms with Gasteiger partial charge in [0, 0.05) is 15.4 Å². The first kappa shape index (κ1) is 12.0. The van der Waals surface area contributed by atoms with E-state index in [-0.39, 0.29) is 5.69 Å². The Bertz CT molecular complexity index is 527. The van der Waals surface area contributed by atoms with Crippen molar-refractivity contribution >= 4 is 38.8 Å². The van der Waals surface area contributed by atoms with Crippen molar-refractivity contribution in [2.75, 3.05) is 5.32 Å². The minimum Gasteiger partial charge on any atom is -0.365 e. The number of thiophene rings is 1. The zero-order chi connectivity index (χ0) is 12.3. The molecule has 0 saturated carbocycles. The van der Waals surface area contributed by atoms with Gasteiger partial charge in [-0.1, -0.05) is 0 Å². The van der Waals surface area contributed by atoms with Crippen molar-refractivity contribution in [3.8, 4) is 0 Å². The summed E-state index contributed by atoms with van der Waals surface area (Å²) in [4.78, 5) is 15.1. The van der Waals surface area contributed by atoms with Crippen molar-refractivity contribution < 1.29 is 4.92 Å². The van der Waals surface area contributed by atoms with E-state index in [0.717, 1.165) is 9.35 Å².